The van der Waals surface area contributed by atoms with Crippen molar-refractivity contribution in [2.24, 2.45) is 5.92 Å². The molecule has 1 atom stereocenters. The van der Waals surface area contributed by atoms with Crippen molar-refractivity contribution in [2.75, 3.05) is 25.0 Å². The number of amides is 1. The minimum atomic E-state index is 0.106. The smallest absolute Gasteiger partial charge is 0.254 e. The number of nitrogens with zero attached hydrogens (tertiary/aromatic N) is 2. The van der Waals surface area contributed by atoms with E-state index in [2.05, 4.69) is 31.1 Å². The number of nitrogens with one attached hydrogen (secondary N) is 1. The molecule has 0 spiro atoms. The van der Waals surface area contributed by atoms with Crippen LogP contribution in [-0.4, -0.2) is 35.4 Å². The van der Waals surface area contributed by atoms with Crippen molar-refractivity contribution in [3.8, 4) is 0 Å². The van der Waals surface area contributed by atoms with Crippen LogP contribution in [0.1, 0.15) is 57.1 Å². The Hall–Kier alpha value is -1.58. The van der Waals surface area contributed by atoms with Gasteiger partial charge in [-0.2, -0.15) is 0 Å². The van der Waals surface area contributed by atoms with Crippen molar-refractivity contribution >= 4 is 11.7 Å². The molecule has 0 aromatic carbocycles. The highest BCUT2D eigenvalue weighted by atomic mass is 16.2. The molecule has 4 heteroatoms. The first-order chi connectivity index (χ1) is 10.0. The standard InChI is InChI=1S/C17H29N3O/c1-6-13(5)12-20(9-4)17(21)14-10-15(7-2)19-16(11-14)18-8-3/h10-11,13H,6-9,12H2,1-5H3,(H,18,19). The summed E-state index contributed by atoms with van der Waals surface area (Å²) in [7, 11) is 0. The van der Waals surface area contributed by atoms with Gasteiger partial charge in [0.15, 0.2) is 0 Å². The van der Waals surface area contributed by atoms with Gasteiger partial charge in [-0.25, -0.2) is 4.98 Å². The van der Waals surface area contributed by atoms with Crippen molar-refractivity contribution in [2.45, 2.75) is 47.5 Å². The highest BCUT2D eigenvalue weighted by Gasteiger charge is 2.17. The van der Waals surface area contributed by atoms with E-state index in [-0.39, 0.29) is 5.91 Å². The van der Waals surface area contributed by atoms with Crippen molar-refractivity contribution in [1.29, 1.82) is 0 Å². The molecular weight excluding hydrogens is 262 g/mol. The number of rotatable bonds is 8. The Kier molecular flexibility index (Phi) is 7.20. The number of aromatic nitrogens is 1. The number of anilines is 1. The van der Waals surface area contributed by atoms with E-state index in [0.29, 0.717) is 5.92 Å². The molecule has 118 valence electrons. The molecule has 1 rings (SSSR count). The van der Waals surface area contributed by atoms with E-state index in [0.717, 1.165) is 49.6 Å². The number of pyridine rings is 1. The highest BCUT2D eigenvalue weighted by molar-refractivity contribution is 5.95. The third kappa shape index (κ3) is 5.03. The second kappa shape index (κ2) is 8.65. The van der Waals surface area contributed by atoms with E-state index >= 15 is 0 Å². The zero-order valence-electron chi connectivity index (χ0n) is 14.1. The van der Waals surface area contributed by atoms with Gasteiger partial charge < -0.3 is 10.2 Å². The second-order valence-corrected chi connectivity index (χ2v) is 5.47. The van der Waals surface area contributed by atoms with Gasteiger partial charge in [0.25, 0.3) is 5.91 Å². The number of aryl methyl sites for hydroxylation is 1. The highest BCUT2D eigenvalue weighted by Crippen LogP contribution is 2.15. The number of carbonyl (C=O) groups is 1. The lowest BCUT2D eigenvalue weighted by Crippen LogP contribution is -2.34. The van der Waals surface area contributed by atoms with Crippen LogP contribution in [0.3, 0.4) is 0 Å². The SMILES string of the molecule is CCNc1cc(C(=O)N(CC)CC(C)CC)cc(CC)n1. The van der Waals surface area contributed by atoms with E-state index in [4.69, 9.17) is 0 Å². The van der Waals surface area contributed by atoms with Gasteiger partial charge in [-0.05, 0) is 38.3 Å². The summed E-state index contributed by atoms with van der Waals surface area (Å²) in [5.41, 5.74) is 1.69. The minimum absolute atomic E-state index is 0.106. The second-order valence-electron chi connectivity index (χ2n) is 5.47. The number of carbonyl (C=O) groups excluding carboxylic acids is 1. The lowest BCUT2D eigenvalue weighted by molar-refractivity contribution is 0.0740. The van der Waals surface area contributed by atoms with E-state index < -0.39 is 0 Å². The van der Waals surface area contributed by atoms with Gasteiger partial charge in [0.1, 0.15) is 5.82 Å². The molecule has 0 saturated carbocycles. The zero-order chi connectivity index (χ0) is 15.8. The molecule has 0 fully saturated rings. The monoisotopic (exact) mass is 291 g/mol. The normalized spacial score (nSPS) is 12.0. The third-order valence-corrected chi connectivity index (χ3v) is 3.74. The molecule has 0 aliphatic carbocycles. The molecule has 0 aliphatic rings. The maximum absolute atomic E-state index is 12.7. The van der Waals surface area contributed by atoms with E-state index in [1.54, 1.807) is 0 Å². The molecule has 0 saturated heterocycles. The van der Waals surface area contributed by atoms with E-state index in [1.807, 2.05) is 30.9 Å². The molecule has 1 heterocycles. The summed E-state index contributed by atoms with van der Waals surface area (Å²) >= 11 is 0. The Labute approximate surface area is 129 Å². The number of hydrogen-bond acceptors (Lipinski definition) is 3. The molecule has 4 nitrogen and oxygen atoms in total. The van der Waals surface area contributed by atoms with Gasteiger partial charge >= 0.3 is 0 Å². The van der Waals surface area contributed by atoms with Crippen LogP contribution in [0.4, 0.5) is 5.82 Å². The Morgan fingerprint density at radius 1 is 1.29 bits per heavy atom. The minimum Gasteiger partial charge on any atom is -0.370 e. The molecule has 1 N–H and O–H groups in total. The first-order valence-electron chi connectivity index (χ1n) is 8.09. The van der Waals surface area contributed by atoms with Crippen LogP contribution in [0.25, 0.3) is 0 Å². The van der Waals surface area contributed by atoms with E-state index in [9.17, 15) is 4.79 Å². The maximum Gasteiger partial charge on any atom is 0.254 e. The average molecular weight is 291 g/mol. The Balaban J connectivity index is 3.00. The summed E-state index contributed by atoms with van der Waals surface area (Å²) in [6.07, 6.45) is 1.92. The zero-order valence-corrected chi connectivity index (χ0v) is 14.1. The van der Waals surface area contributed by atoms with Crippen LogP contribution in [0, 0.1) is 5.92 Å². The molecule has 1 amide bonds. The first-order valence-corrected chi connectivity index (χ1v) is 8.09. The van der Waals surface area contributed by atoms with Gasteiger partial charge in [0.05, 0.1) is 0 Å². The van der Waals surface area contributed by atoms with Crippen LogP contribution < -0.4 is 5.32 Å². The summed E-state index contributed by atoms with van der Waals surface area (Å²) in [4.78, 5) is 19.2. The summed E-state index contributed by atoms with van der Waals surface area (Å²) in [5.74, 6) is 1.42. The van der Waals surface area contributed by atoms with Crippen LogP contribution in [0.5, 0.6) is 0 Å². The fourth-order valence-corrected chi connectivity index (χ4v) is 2.21. The lowest BCUT2D eigenvalue weighted by Gasteiger charge is -2.24. The number of hydrogen-bond donors (Lipinski definition) is 1. The van der Waals surface area contributed by atoms with Crippen LogP contribution >= 0.6 is 0 Å². The Morgan fingerprint density at radius 2 is 2.00 bits per heavy atom. The van der Waals surface area contributed by atoms with Gasteiger partial charge in [-0.3, -0.25) is 4.79 Å². The molecule has 0 bridgehead atoms. The van der Waals surface area contributed by atoms with E-state index in [1.165, 1.54) is 0 Å². The fraction of sp³-hybridized carbons (Fsp3) is 0.647. The predicted molar refractivity (Wildman–Crippen MR) is 88.8 cm³/mol. The Bertz CT molecular complexity index is 459. The summed E-state index contributed by atoms with van der Waals surface area (Å²) in [5, 5.41) is 3.20. The quantitative estimate of drug-likeness (QED) is 0.796. The molecule has 1 unspecified atom stereocenters. The van der Waals surface area contributed by atoms with Crippen LogP contribution in [0.15, 0.2) is 12.1 Å². The van der Waals surface area contributed by atoms with Gasteiger partial charge in [0.2, 0.25) is 0 Å². The van der Waals surface area contributed by atoms with Crippen LogP contribution in [0.2, 0.25) is 0 Å². The summed E-state index contributed by atoms with van der Waals surface area (Å²) < 4.78 is 0. The molecule has 21 heavy (non-hydrogen) atoms. The average Bonchev–Trinajstić information content (AvgIpc) is 2.51. The summed E-state index contributed by atoms with van der Waals surface area (Å²) in [6, 6.07) is 3.78. The van der Waals surface area contributed by atoms with Gasteiger partial charge in [-0.15, -0.1) is 0 Å². The molecule has 1 aromatic rings. The first kappa shape index (κ1) is 17.5. The van der Waals surface area contributed by atoms with Gasteiger partial charge in [-0.1, -0.05) is 27.2 Å². The molecule has 0 aliphatic heterocycles. The topological polar surface area (TPSA) is 45.2 Å². The molecule has 1 aromatic heterocycles. The van der Waals surface area contributed by atoms with Gasteiger partial charge in [0, 0.05) is 30.9 Å². The van der Waals surface area contributed by atoms with Crippen molar-refractivity contribution in [1.82, 2.24) is 9.88 Å². The lowest BCUT2D eigenvalue weighted by atomic mass is 10.1. The fourth-order valence-electron chi connectivity index (χ4n) is 2.21. The van der Waals surface area contributed by atoms with Crippen molar-refractivity contribution in [3.05, 3.63) is 23.4 Å². The molecule has 0 radical (unpaired) electrons. The largest absolute Gasteiger partial charge is 0.370 e. The van der Waals surface area contributed by atoms with Crippen molar-refractivity contribution < 1.29 is 4.79 Å². The van der Waals surface area contributed by atoms with Crippen molar-refractivity contribution in [3.63, 3.8) is 0 Å². The molecular formula is C17H29N3O. The third-order valence-electron chi connectivity index (χ3n) is 3.74. The maximum atomic E-state index is 12.7. The van der Waals surface area contributed by atoms with Crippen LogP contribution in [-0.2, 0) is 6.42 Å². The Morgan fingerprint density at radius 3 is 2.52 bits per heavy atom. The summed E-state index contributed by atoms with van der Waals surface area (Å²) in [6.45, 7) is 12.8. The predicted octanol–water partition coefficient (Wildman–Crippen LogP) is 3.58.